The maximum Gasteiger partial charge on any atom is 0.573 e. The van der Waals surface area contributed by atoms with Crippen LogP contribution in [0.15, 0.2) is 82.7 Å². The Bertz CT molecular complexity index is 1310. The van der Waals surface area contributed by atoms with Gasteiger partial charge in [0.1, 0.15) is 16.5 Å². The number of benzene rings is 3. The molecule has 0 fully saturated rings. The van der Waals surface area contributed by atoms with Gasteiger partial charge in [0.2, 0.25) is 5.69 Å². The minimum atomic E-state index is -4.75. The van der Waals surface area contributed by atoms with Gasteiger partial charge in [0.15, 0.2) is 0 Å². The third-order valence-corrected chi connectivity index (χ3v) is 5.98. The molecule has 0 aliphatic carbocycles. The number of alkyl halides is 3. The molecule has 0 atom stereocenters. The molecular formula is C24H18F3N3O4S. The predicted octanol–water partition coefficient (Wildman–Crippen LogP) is 5.75. The first-order valence-corrected chi connectivity index (χ1v) is 11.0. The maximum absolute atomic E-state index is 12.3. The van der Waals surface area contributed by atoms with Crippen LogP contribution in [0, 0.1) is 0 Å². The van der Waals surface area contributed by atoms with E-state index in [4.69, 9.17) is 4.74 Å². The lowest BCUT2D eigenvalue weighted by Crippen LogP contribution is -2.16. The number of ether oxygens (including phenoxy) is 2. The number of aromatic nitrogens is 3. The Balaban J connectivity index is 1.52. The van der Waals surface area contributed by atoms with Crippen LogP contribution < -0.4 is 9.47 Å². The van der Waals surface area contributed by atoms with Crippen LogP contribution in [-0.4, -0.2) is 39.5 Å². The fraction of sp³-hybridized carbons (Fsp3) is 0.125. The highest BCUT2D eigenvalue weighted by Crippen LogP contribution is 2.33. The Labute approximate surface area is 202 Å². The second-order valence-electron chi connectivity index (χ2n) is 7.25. The lowest BCUT2D eigenvalue weighted by molar-refractivity contribution is -0.274. The summed E-state index contributed by atoms with van der Waals surface area (Å²) in [5.41, 5.74) is 2.21. The third kappa shape index (κ3) is 6.12. The van der Waals surface area contributed by atoms with Gasteiger partial charge in [-0.3, -0.25) is 0 Å². The number of methoxy groups -OCH3 is 1. The van der Waals surface area contributed by atoms with E-state index in [0.29, 0.717) is 22.9 Å². The smallest absolute Gasteiger partial charge is 0.497 e. The van der Waals surface area contributed by atoms with E-state index in [1.54, 1.807) is 43.5 Å². The van der Waals surface area contributed by atoms with E-state index in [9.17, 15) is 23.1 Å². The minimum Gasteiger partial charge on any atom is -0.497 e. The molecule has 1 heterocycles. The standard InChI is InChI=1S/C24H18F3N3O4S/c1-33-18-8-2-15(3-9-18)14-30-22(21(23(31)32)28-29-30)35-20-12-6-17(7-13-20)16-4-10-19(11-5-16)34-24(25,26)27/h2-13H,14H2,1H3,(H,31,32). The van der Waals surface area contributed by atoms with Gasteiger partial charge in [0, 0.05) is 4.90 Å². The molecule has 35 heavy (non-hydrogen) atoms. The van der Waals surface area contributed by atoms with Crippen molar-refractivity contribution >= 4 is 17.7 Å². The lowest BCUT2D eigenvalue weighted by atomic mass is 10.1. The lowest BCUT2D eigenvalue weighted by Gasteiger charge is -2.10. The summed E-state index contributed by atoms with van der Waals surface area (Å²) < 4.78 is 47.6. The molecule has 11 heteroatoms. The molecular weight excluding hydrogens is 483 g/mol. The molecule has 4 aromatic rings. The van der Waals surface area contributed by atoms with Crippen LogP contribution in [0.2, 0.25) is 0 Å². The molecule has 0 bridgehead atoms. The molecule has 1 N–H and O–H groups in total. The molecule has 7 nitrogen and oxygen atoms in total. The molecule has 3 aromatic carbocycles. The van der Waals surface area contributed by atoms with Gasteiger partial charge in [0.25, 0.3) is 0 Å². The summed E-state index contributed by atoms with van der Waals surface area (Å²) in [6, 6.07) is 20.0. The molecule has 1 aromatic heterocycles. The molecule has 0 unspecified atom stereocenters. The van der Waals surface area contributed by atoms with E-state index >= 15 is 0 Å². The van der Waals surface area contributed by atoms with Crippen LogP contribution in [0.25, 0.3) is 11.1 Å². The first-order valence-electron chi connectivity index (χ1n) is 10.2. The van der Waals surface area contributed by atoms with E-state index in [2.05, 4.69) is 15.0 Å². The van der Waals surface area contributed by atoms with Crippen molar-refractivity contribution in [3.8, 4) is 22.6 Å². The fourth-order valence-electron chi connectivity index (χ4n) is 3.22. The Hall–Kier alpha value is -3.99. The quantitative estimate of drug-likeness (QED) is 0.329. The van der Waals surface area contributed by atoms with Crippen LogP contribution >= 0.6 is 11.8 Å². The Morgan fingerprint density at radius 2 is 1.51 bits per heavy atom. The number of nitrogens with zero attached hydrogens (tertiary/aromatic N) is 3. The van der Waals surface area contributed by atoms with E-state index in [-0.39, 0.29) is 11.4 Å². The van der Waals surface area contributed by atoms with Gasteiger partial charge in [0.05, 0.1) is 13.7 Å². The van der Waals surface area contributed by atoms with Crippen molar-refractivity contribution in [3.05, 3.63) is 84.1 Å². The number of hydrogen-bond acceptors (Lipinski definition) is 6. The van der Waals surface area contributed by atoms with Gasteiger partial charge in [-0.25, -0.2) is 9.48 Å². The summed E-state index contributed by atoms with van der Waals surface area (Å²) in [6.07, 6.45) is -4.75. The topological polar surface area (TPSA) is 86.5 Å². The molecule has 0 saturated heterocycles. The molecule has 180 valence electrons. The Kier molecular flexibility index (Phi) is 6.97. The maximum atomic E-state index is 12.3. The summed E-state index contributed by atoms with van der Waals surface area (Å²) >= 11 is 1.20. The molecule has 0 saturated carbocycles. The van der Waals surface area contributed by atoms with Crippen LogP contribution in [0.5, 0.6) is 11.5 Å². The van der Waals surface area contributed by atoms with Crippen LogP contribution in [0.1, 0.15) is 16.1 Å². The number of rotatable bonds is 8. The normalized spacial score (nSPS) is 11.3. The molecule has 0 radical (unpaired) electrons. The first kappa shape index (κ1) is 24.1. The van der Waals surface area contributed by atoms with Crippen LogP contribution in [-0.2, 0) is 6.54 Å². The molecule has 0 spiro atoms. The molecule has 4 rings (SSSR count). The highest BCUT2D eigenvalue weighted by molar-refractivity contribution is 7.99. The van der Waals surface area contributed by atoms with Crippen LogP contribution in [0.3, 0.4) is 0 Å². The third-order valence-electron chi connectivity index (χ3n) is 4.87. The van der Waals surface area contributed by atoms with Crippen molar-refractivity contribution < 1.29 is 32.5 Å². The second kappa shape index (κ2) is 10.1. The van der Waals surface area contributed by atoms with Crippen molar-refractivity contribution in [2.24, 2.45) is 0 Å². The molecule has 0 aliphatic rings. The number of aromatic carboxylic acids is 1. The fourth-order valence-corrected chi connectivity index (χ4v) is 4.15. The minimum absolute atomic E-state index is 0.159. The zero-order valence-electron chi connectivity index (χ0n) is 18.2. The zero-order chi connectivity index (χ0) is 25.0. The molecule has 0 amide bonds. The number of carboxylic acid groups (broad SMARTS) is 1. The number of halogens is 3. The van der Waals surface area contributed by atoms with Gasteiger partial charge in [-0.15, -0.1) is 18.3 Å². The monoisotopic (exact) mass is 501 g/mol. The average Bonchev–Trinajstić information content (AvgIpc) is 3.22. The summed E-state index contributed by atoms with van der Waals surface area (Å²) in [4.78, 5) is 12.4. The largest absolute Gasteiger partial charge is 0.573 e. The van der Waals surface area contributed by atoms with Crippen molar-refractivity contribution in [3.63, 3.8) is 0 Å². The van der Waals surface area contributed by atoms with Gasteiger partial charge in [-0.1, -0.05) is 53.4 Å². The highest BCUT2D eigenvalue weighted by atomic mass is 32.2. The van der Waals surface area contributed by atoms with Crippen LogP contribution in [0.4, 0.5) is 13.2 Å². The zero-order valence-corrected chi connectivity index (χ0v) is 19.0. The number of carbonyl (C=O) groups is 1. The predicted molar refractivity (Wildman–Crippen MR) is 122 cm³/mol. The summed E-state index contributed by atoms with van der Waals surface area (Å²) in [5.74, 6) is -0.783. The Morgan fingerprint density at radius 3 is 2.06 bits per heavy atom. The first-order chi connectivity index (χ1) is 16.7. The summed E-state index contributed by atoms with van der Waals surface area (Å²) in [7, 11) is 1.57. The van der Waals surface area contributed by atoms with Crippen molar-refractivity contribution in [1.82, 2.24) is 15.0 Å². The summed E-state index contributed by atoms with van der Waals surface area (Å²) in [6.45, 7) is 0.317. The van der Waals surface area contributed by atoms with E-state index in [1.165, 1.54) is 40.7 Å². The summed E-state index contributed by atoms with van der Waals surface area (Å²) in [5, 5.41) is 17.7. The van der Waals surface area contributed by atoms with E-state index in [1.807, 2.05) is 12.1 Å². The molecule has 0 aliphatic heterocycles. The van der Waals surface area contributed by atoms with Crippen molar-refractivity contribution in [2.75, 3.05) is 7.11 Å². The average molecular weight is 501 g/mol. The van der Waals surface area contributed by atoms with Gasteiger partial charge >= 0.3 is 12.3 Å². The van der Waals surface area contributed by atoms with E-state index in [0.717, 1.165) is 16.0 Å². The Morgan fingerprint density at radius 1 is 0.943 bits per heavy atom. The van der Waals surface area contributed by atoms with E-state index < -0.39 is 12.3 Å². The number of hydrogen-bond donors (Lipinski definition) is 1. The van der Waals surface area contributed by atoms with Crippen molar-refractivity contribution in [2.45, 2.75) is 22.8 Å². The highest BCUT2D eigenvalue weighted by Gasteiger charge is 2.31. The van der Waals surface area contributed by atoms with Gasteiger partial charge in [-0.05, 0) is 53.1 Å². The number of carboxylic acids is 1. The second-order valence-corrected chi connectivity index (χ2v) is 8.31. The SMILES string of the molecule is COc1ccc(Cn2nnc(C(=O)O)c2Sc2ccc(-c3ccc(OC(F)(F)F)cc3)cc2)cc1. The van der Waals surface area contributed by atoms with Gasteiger partial charge < -0.3 is 14.6 Å². The van der Waals surface area contributed by atoms with Gasteiger partial charge in [-0.2, -0.15) is 0 Å². The van der Waals surface area contributed by atoms with Crippen molar-refractivity contribution in [1.29, 1.82) is 0 Å².